The topological polar surface area (TPSA) is 54.3 Å². The summed E-state index contributed by atoms with van der Waals surface area (Å²) in [6, 6.07) is 2.71. The molecule has 0 aliphatic heterocycles. The Morgan fingerprint density at radius 2 is 1.87 bits per heavy atom. The minimum atomic E-state index is -4.94. The van der Waals surface area contributed by atoms with E-state index in [1.807, 2.05) is 18.9 Å². The zero-order valence-electron chi connectivity index (χ0n) is 19.3. The maximum atomic E-state index is 14.1. The van der Waals surface area contributed by atoms with Gasteiger partial charge in [0.05, 0.1) is 31.8 Å². The van der Waals surface area contributed by atoms with Crippen molar-refractivity contribution < 1.29 is 27.8 Å². The molecule has 1 atom stereocenters. The quantitative estimate of drug-likeness (QED) is 0.434. The Kier molecular flexibility index (Phi) is 8.03. The van der Waals surface area contributed by atoms with Crippen molar-refractivity contribution in [2.24, 2.45) is 10.4 Å². The van der Waals surface area contributed by atoms with E-state index in [1.54, 1.807) is 13.3 Å². The summed E-state index contributed by atoms with van der Waals surface area (Å²) in [4.78, 5) is 6.17. The highest BCUT2D eigenvalue weighted by molar-refractivity contribution is 5.65. The zero-order valence-corrected chi connectivity index (χ0v) is 19.3. The maximum Gasteiger partial charge on any atom is 0.423 e. The Morgan fingerprint density at radius 3 is 2.39 bits per heavy atom. The van der Waals surface area contributed by atoms with Crippen LogP contribution >= 0.6 is 0 Å². The molecule has 8 heteroatoms. The van der Waals surface area contributed by atoms with Crippen LogP contribution in [-0.2, 0) is 10.3 Å². The van der Waals surface area contributed by atoms with Crippen LogP contribution in [0.3, 0.4) is 0 Å². The predicted octanol–water partition coefficient (Wildman–Crippen LogP) is 5.35. The predicted molar refractivity (Wildman–Crippen MR) is 116 cm³/mol. The Morgan fingerprint density at radius 1 is 1.26 bits per heavy atom. The van der Waals surface area contributed by atoms with E-state index in [0.717, 1.165) is 19.4 Å². The number of nitrogens with zero attached hydrogens (tertiary/aromatic N) is 2. The largest absolute Gasteiger partial charge is 0.496 e. The third-order valence-corrected chi connectivity index (χ3v) is 6.14. The lowest BCUT2D eigenvalue weighted by Gasteiger charge is -2.37. The van der Waals surface area contributed by atoms with Crippen LogP contribution < -0.4 is 4.74 Å². The first-order chi connectivity index (χ1) is 14.3. The van der Waals surface area contributed by atoms with Gasteiger partial charge in [-0.05, 0) is 56.6 Å². The number of rotatable bonds is 8. The molecule has 1 N–H and O–H groups in total. The number of methoxy groups -OCH3 is 1. The third-order valence-electron chi connectivity index (χ3n) is 6.14. The molecule has 1 aliphatic carbocycles. The number of benzene rings is 1. The molecular formula is C23H35F3N2O3. The second-order valence-corrected chi connectivity index (χ2v) is 9.19. The van der Waals surface area contributed by atoms with Crippen molar-refractivity contribution in [1.29, 1.82) is 0 Å². The monoisotopic (exact) mass is 444 g/mol. The number of aryl methyl sites for hydroxylation is 1. The first kappa shape index (κ1) is 25.5. The summed E-state index contributed by atoms with van der Waals surface area (Å²) >= 11 is 0. The second-order valence-electron chi connectivity index (χ2n) is 9.19. The molecule has 31 heavy (non-hydrogen) atoms. The van der Waals surface area contributed by atoms with Gasteiger partial charge in [-0.2, -0.15) is 13.2 Å². The van der Waals surface area contributed by atoms with Crippen molar-refractivity contribution in [3.05, 3.63) is 23.3 Å². The maximum absolute atomic E-state index is 14.1. The van der Waals surface area contributed by atoms with Gasteiger partial charge in [0.15, 0.2) is 0 Å². The Balaban J connectivity index is 2.34. The second kappa shape index (κ2) is 9.77. The molecule has 1 unspecified atom stereocenters. The fourth-order valence-electron chi connectivity index (χ4n) is 3.64. The van der Waals surface area contributed by atoms with Gasteiger partial charge < -0.3 is 19.5 Å². The summed E-state index contributed by atoms with van der Waals surface area (Å²) in [6.07, 6.45) is -0.528. The minimum absolute atomic E-state index is 0.0786. The normalized spacial score (nSPS) is 19.4. The van der Waals surface area contributed by atoms with Crippen LogP contribution in [0.2, 0.25) is 0 Å². The van der Waals surface area contributed by atoms with Crippen molar-refractivity contribution in [2.75, 3.05) is 27.3 Å². The van der Waals surface area contributed by atoms with Crippen molar-refractivity contribution in [1.82, 2.24) is 4.90 Å². The number of hydrogen-bond acceptors (Lipinski definition) is 4. The van der Waals surface area contributed by atoms with Crippen LogP contribution in [0.15, 0.2) is 17.1 Å². The van der Waals surface area contributed by atoms with Gasteiger partial charge in [-0.1, -0.05) is 13.8 Å². The van der Waals surface area contributed by atoms with Crippen molar-refractivity contribution in [2.45, 2.75) is 71.3 Å². The van der Waals surface area contributed by atoms with Crippen LogP contribution in [0.25, 0.3) is 0 Å². The molecule has 1 aromatic carbocycles. The van der Waals surface area contributed by atoms with Gasteiger partial charge in [0.2, 0.25) is 5.60 Å². The molecule has 176 valence electrons. The first-order valence-electron chi connectivity index (χ1n) is 10.7. The zero-order chi connectivity index (χ0) is 23.4. The fraction of sp³-hybridized carbons (Fsp3) is 0.696. The summed E-state index contributed by atoms with van der Waals surface area (Å²) in [5.74, 6) is -0.0786. The molecule has 0 spiro atoms. The summed E-state index contributed by atoms with van der Waals surface area (Å²) in [5, 5.41) is 10.9. The molecule has 5 nitrogen and oxygen atoms in total. The van der Waals surface area contributed by atoms with Crippen molar-refractivity contribution >= 4 is 12.0 Å². The standard InChI is InChI=1S/C23H35F3N2O3/c1-7-28(5)15-27-19-13-20(30-6)18(12-16(19)2)22(29,23(24,25)26)14-31-17-8-10-21(3,4)11-9-17/h12-13,15,17,29H,7-11,14H2,1-6H3. The van der Waals surface area contributed by atoms with Crippen molar-refractivity contribution in [3.8, 4) is 5.75 Å². The molecule has 1 aliphatic rings. The molecule has 0 radical (unpaired) electrons. The van der Waals surface area contributed by atoms with E-state index >= 15 is 0 Å². The fourth-order valence-corrected chi connectivity index (χ4v) is 3.64. The SMILES string of the molecule is CCN(C)C=Nc1cc(OC)c(C(O)(COC2CCC(C)(C)CC2)C(F)(F)F)cc1C. The number of ether oxygens (including phenoxy) is 2. The van der Waals surface area contributed by atoms with Gasteiger partial charge >= 0.3 is 6.18 Å². The third kappa shape index (κ3) is 6.13. The van der Waals surface area contributed by atoms with Crippen LogP contribution in [0, 0.1) is 12.3 Å². The Labute approximate surface area is 183 Å². The highest BCUT2D eigenvalue weighted by Crippen LogP contribution is 2.46. The molecule has 1 aromatic rings. The molecule has 0 bridgehead atoms. The molecule has 2 rings (SSSR count). The number of aliphatic imine (C=N–C) groups is 1. The number of halogens is 3. The first-order valence-corrected chi connectivity index (χ1v) is 10.7. The summed E-state index contributed by atoms with van der Waals surface area (Å²) in [5.41, 5.74) is -2.40. The molecule has 0 aromatic heterocycles. The van der Waals surface area contributed by atoms with Gasteiger partial charge in [0.1, 0.15) is 5.75 Å². The lowest BCUT2D eigenvalue weighted by molar-refractivity contribution is -0.286. The van der Waals surface area contributed by atoms with Gasteiger partial charge in [-0.25, -0.2) is 4.99 Å². The summed E-state index contributed by atoms with van der Waals surface area (Å²) in [6.45, 7) is 7.76. The smallest absolute Gasteiger partial charge is 0.423 e. The lowest BCUT2D eigenvalue weighted by Crippen LogP contribution is -2.47. The van der Waals surface area contributed by atoms with E-state index in [-0.39, 0.29) is 22.8 Å². The highest BCUT2D eigenvalue weighted by Gasteiger charge is 2.57. The van der Waals surface area contributed by atoms with Crippen LogP contribution in [0.5, 0.6) is 5.75 Å². The van der Waals surface area contributed by atoms with Crippen LogP contribution in [0.4, 0.5) is 18.9 Å². The van der Waals surface area contributed by atoms with Crippen LogP contribution in [0.1, 0.15) is 57.6 Å². The van der Waals surface area contributed by atoms with Gasteiger partial charge in [0.25, 0.3) is 0 Å². The number of hydrogen-bond donors (Lipinski definition) is 1. The molecule has 0 amide bonds. The van der Waals surface area contributed by atoms with Gasteiger partial charge in [-0.15, -0.1) is 0 Å². The molecule has 1 saturated carbocycles. The molecule has 1 fully saturated rings. The molecule has 0 heterocycles. The van der Waals surface area contributed by atoms with E-state index < -0.39 is 18.4 Å². The average Bonchev–Trinajstić information content (AvgIpc) is 2.70. The minimum Gasteiger partial charge on any atom is -0.496 e. The highest BCUT2D eigenvalue weighted by atomic mass is 19.4. The Hall–Kier alpha value is -1.80. The Bertz CT molecular complexity index is 770. The summed E-state index contributed by atoms with van der Waals surface area (Å²) < 4.78 is 53.1. The number of aliphatic hydroxyl groups is 1. The van der Waals surface area contributed by atoms with Crippen molar-refractivity contribution in [3.63, 3.8) is 0 Å². The van der Waals surface area contributed by atoms with E-state index in [9.17, 15) is 18.3 Å². The van der Waals surface area contributed by atoms with E-state index in [4.69, 9.17) is 9.47 Å². The summed E-state index contributed by atoms with van der Waals surface area (Å²) in [7, 11) is 3.12. The van der Waals surface area contributed by atoms with E-state index in [2.05, 4.69) is 18.8 Å². The number of alkyl halides is 3. The molecular weight excluding hydrogens is 409 g/mol. The average molecular weight is 445 g/mol. The lowest BCUT2D eigenvalue weighted by atomic mass is 9.76. The molecule has 0 saturated heterocycles. The van der Waals surface area contributed by atoms with Gasteiger partial charge in [0, 0.05) is 25.2 Å². The van der Waals surface area contributed by atoms with E-state index in [1.165, 1.54) is 19.2 Å². The van der Waals surface area contributed by atoms with Crippen LogP contribution in [-0.4, -0.2) is 55.9 Å². The van der Waals surface area contributed by atoms with Gasteiger partial charge in [-0.3, -0.25) is 0 Å². The van der Waals surface area contributed by atoms with E-state index in [0.29, 0.717) is 24.1 Å².